The van der Waals surface area contributed by atoms with E-state index in [0.717, 1.165) is 19.5 Å². The molecular formula is C17H23N5O. The Kier molecular flexibility index (Phi) is 4.24. The van der Waals surface area contributed by atoms with E-state index < -0.39 is 0 Å². The maximum Gasteiger partial charge on any atom is 0.232 e. The molecule has 6 heteroatoms. The molecule has 1 aliphatic carbocycles. The van der Waals surface area contributed by atoms with E-state index in [4.69, 9.17) is 4.74 Å². The summed E-state index contributed by atoms with van der Waals surface area (Å²) in [6.45, 7) is 2.60. The van der Waals surface area contributed by atoms with E-state index in [1.807, 2.05) is 6.20 Å². The van der Waals surface area contributed by atoms with Gasteiger partial charge in [0.1, 0.15) is 6.61 Å². The van der Waals surface area contributed by atoms with Gasteiger partial charge in [0.2, 0.25) is 5.88 Å². The van der Waals surface area contributed by atoms with Crippen molar-refractivity contribution < 1.29 is 4.74 Å². The third-order valence-electron chi connectivity index (χ3n) is 5.05. The third kappa shape index (κ3) is 3.22. The minimum atomic E-state index is 0.404. The molecule has 122 valence electrons. The molecule has 0 aromatic carbocycles. The van der Waals surface area contributed by atoms with Crippen molar-refractivity contribution in [2.24, 2.45) is 0 Å². The molecule has 6 nitrogen and oxygen atoms in total. The second kappa shape index (κ2) is 6.66. The number of aromatic nitrogens is 4. The zero-order valence-electron chi connectivity index (χ0n) is 13.3. The molecule has 23 heavy (non-hydrogen) atoms. The molecule has 1 aliphatic heterocycles. The van der Waals surface area contributed by atoms with Gasteiger partial charge in [-0.05, 0) is 25.3 Å². The predicted molar refractivity (Wildman–Crippen MR) is 86.0 cm³/mol. The van der Waals surface area contributed by atoms with E-state index in [1.54, 1.807) is 18.6 Å². The first kappa shape index (κ1) is 14.6. The van der Waals surface area contributed by atoms with Crippen LogP contribution in [0.25, 0.3) is 0 Å². The van der Waals surface area contributed by atoms with Crippen LogP contribution in [0.1, 0.15) is 37.8 Å². The van der Waals surface area contributed by atoms with Crippen LogP contribution in [0, 0.1) is 0 Å². The molecule has 0 amide bonds. The Balaban J connectivity index is 1.49. The maximum atomic E-state index is 5.92. The number of hydrogen-bond donors (Lipinski definition) is 0. The number of fused-ring (bicyclic) bond motifs is 1. The average molecular weight is 313 g/mol. The number of hydrogen-bond acceptors (Lipinski definition) is 5. The summed E-state index contributed by atoms with van der Waals surface area (Å²) in [7, 11) is 0. The van der Waals surface area contributed by atoms with Gasteiger partial charge in [-0.25, -0.2) is 4.98 Å². The highest BCUT2D eigenvalue weighted by molar-refractivity contribution is 5.05. The van der Waals surface area contributed by atoms with Gasteiger partial charge in [0.05, 0.1) is 11.9 Å². The van der Waals surface area contributed by atoms with Crippen LogP contribution < -0.4 is 4.74 Å². The molecule has 1 atom stereocenters. The Labute approximate surface area is 136 Å². The van der Waals surface area contributed by atoms with E-state index in [9.17, 15) is 0 Å². The monoisotopic (exact) mass is 313 g/mol. The summed E-state index contributed by atoms with van der Waals surface area (Å²) in [5.74, 6) is 0.612. The third-order valence-corrected chi connectivity index (χ3v) is 5.05. The Morgan fingerprint density at radius 2 is 2.04 bits per heavy atom. The van der Waals surface area contributed by atoms with Gasteiger partial charge in [-0.3, -0.25) is 14.6 Å². The zero-order chi connectivity index (χ0) is 15.5. The molecule has 1 unspecified atom stereocenters. The van der Waals surface area contributed by atoms with Crippen LogP contribution in [0.3, 0.4) is 0 Å². The second-order valence-corrected chi connectivity index (χ2v) is 6.45. The average Bonchev–Trinajstić information content (AvgIpc) is 3.24. The van der Waals surface area contributed by atoms with Gasteiger partial charge in [-0.1, -0.05) is 12.8 Å². The van der Waals surface area contributed by atoms with Crippen molar-refractivity contribution in [1.82, 2.24) is 24.6 Å². The maximum absolute atomic E-state index is 5.92. The van der Waals surface area contributed by atoms with E-state index in [1.165, 1.54) is 31.4 Å². The highest BCUT2D eigenvalue weighted by Gasteiger charge is 2.32. The standard InChI is InChI=1S/C17H23N5O/c1-2-4-14(3-1)21-12-15-5-7-20-22(15)10-6-16(21)13-23-17-11-18-8-9-19-17/h5,7-9,11,14,16H,1-4,6,10,12-13H2. The molecule has 2 aromatic rings. The Bertz CT molecular complexity index is 623. The number of nitrogens with zero attached hydrogens (tertiary/aromatic N) is 5. The van der Waals surface area contributed by atoms with Gasteiger partial charge >= 0.3 is 0 Å². The fourth-order valence-corrected chi connectivity index (χ4v) is 3.83. The highest BCUT2D eigenvalue weighted by Crippen LogP contribution is 2.29. The largest absolute Gasteiger partial charge is 0.475 e. The van der Waals surface area contributed by atoms with Crippen molar-refractivity contribution in [1.29, 1.82) is 0 Å². The van der Waals surface area contributed by atoms with Crippen molar-refractivity contribution in [3.05, 3.63) is 36.5 Å². The summed E-state index contributed by atoms with van der Waals surface area (Å²) in [6.07, 6.45) is 13.3. The SMILES string of the molecule is c1cnc(OCC2CCn3nccc3CN2C2CCCC2)cn1. The molecular weight excluding hydrogens is 290 g/mol. The lowest BCUT2D eigenvalue weighted by Gasteiger charge is -2.34. The predicted octanol–water partition coefficient (Wildman–Crippen LogP) is 2.27. The number of ether oxygens (including phenoxy) is 1. The Hall–Kier alpha value is -1.95. The molecule has 2 aromatic heterocycles. The van der Waals surface area contributed by atoms with Crippen molar-refractivity contribution in [2.75, 3.05) is 6.61 Å². The summed E-state index contributed by atoms with van der Waals surface area (Å²) in [5, 5.41) is 4.46. The summed E-state index contributed by atoms with van der Waals surface area (Å²) in [6, 6.07) is 3.22. The van der Waals surface area contributed by atoms with E-state index in [0.29, 0.717) is 24.6 Å². The summed E-state index contributed by atoms with van der Waals surface area (Å²) in [4.78, 5) is 10.9. The molecule has 1 fully saturated rings. The lowest BCUT2D eigenvalue weighted by atomic mass is 10.1. The van der Waals surface area contributed by atoms with Gasteiger partial charge in [0.15, 0.2) is 0 Å². The van der Waals surface area contributed by atoms with E-state index >= 15 is 0 Å². The number of rotatable bonds is 4. The zero-order valence-corrected chi connectivity index (χ0v) is 13.3. The minimum absolute atomic E-state index is 0.404. The van der Waals surface area contributed by atoms with Crippen LogP contribution in [-0.2, 0) is 13.1 Å². The summed E-state index contributed by atoms with van der Waals surface area (Å²) >= 11 is 0. The normalized spacial score (nSPS) is 22.7. The molecule has 0 N–H and O–H groups in total. The minimum Gasteiger partial charge on any atom is -0.475 e. The van der Waals surface area contributed by atoms with E-state index in [2.05, 4.69) is 30.7 Å². The first-order valence-corrected chi connectivity index (χ1v) is 8.55. The summed E-state index contributed by atoms with van der Waals surface area (Å²) in [5.41, 5.74) is 1.32. The molecule has 0 bridgehead atoms. The second-order valence-electron chi connectivity index (χ2n) is 6.45. The molecule has 0 saturated heterocycles. The molecule has 0 radical (unpaired) electrons. The fourth-order valence-electron chi connectivity index (χ4n) is 3.83. The number of aryl methyl sites for hydroxylation is 1. The van der Waals surface area contributed by atoms with Crippen LogP contribution in [0.4, 0.5) is 0 Å². The lowest BCUT2D eigenvalue weighted by molar-refractivity contribution is 0.0823. The highest BCUT2D eigenvalue weighted by atomic mass is 16.5. The first-order chi connectivity index (χ1) is 11.4. The first-order valence-electron chi connectivity index (χ1n) is 8.55. The van der Waals surface area contributed by atoms with Crippen molar-refractivity contribution in [3.63, 3.8) is 0 Å². The Morgan fingerprint density at radius 3 is 2.87 bits per heavy atom. The summed E-state index contributed by atoms with van der Waals surface area (Å²) < 4.78 is 8.06. The Morgan fingerprint density at radius 1 is 1.13 bits per heavy atom. The van der Waals surface area contributed by atoms with Crippen LogP contribution in [-0.4, -0.2) is 43.3 Å². The van der Waals surface area contributed by atoms with E-state index in [-0.39, 0.29) is 0 Å². The van der Waals surface area contributed by atoms with Crippen molar-refractivity contribution in [3.8, 4) is 5.88 Å². The quantitative estimate of drug-likeness (QED) is 0.866. The lowest BCUT2D eigenvalue weighted by Crippen LogP contribution is -2.44. The molecule has 4 rings (SSSR count). The molecule has 3 heterocycles. The fraction of sp³-hybridized carbons (Fsp3) is 0.588. The van der Waals surface area contributed by atoms with Gasteiger partial charge in [-0.2, -0.15) is 5.10 Å². The molecule has 0 spiro atoms. The van der Waals surface area contributed by atoms with Crippen LogP contribution in [0.15, 0.2) is 30.9 Å². The van der Waals surface area contributed by atoms with Gasteiger partial charge in [0.25, 0.3) is 0 Å². The van der Waals surface area contributed by atoms with Gasteiger partial charge in [0, 0.05) is 43.8 Å². The van der Waals surface area contributed by atoms with Crippen LogP contribution in [0.2, 0.25) is 0 Å². The van der Waals surface area contributed by atoms with Crippen molar-refractivity contribution in [2.45, 2.75) is 57.3 Å². The van der Waals surface area contributed by atoms with Gasteiger partial charge < -0.3 is 4.74 Å². The topological polar surface area (TPSA) is 56.1 Å². The van der Waals surface area contributed by atoms with Crippen LogP contribution in [0.5, 0.6) is 5.88 Å². The molecule has 2 aliphatic rings. The molecule has 1 saturated carbocycles. The smallest absolute Gasteiger partial charge is 0.232 e. The van der Waals surface area contributed by atoms with Crippen molar-refractivity contribution >= 4 is 0 Å². The van der Waals surface area contributed by atoms with Gasteiger partial charge in [-0.15, -0.1) is 0 Å². The van der Waals surface area contributed by atoms with Crippen LogP contribution >= 0.6 is 0 Å².